The predicted molar refractivity (Wildman–Crippen MR) is 363 cm³/mol. The Kier molecular flexibility index (Phi) is 16.7. The molecule has 93 heavy (non-hydrogen) atoms. The van der Waals surface area contributed by atoms with Crippen LogP contribution in [0.25, 0.3) is 111 Å². The number of aromatic amines is 2. The number of carbonyl (C=O) groups excluding carboxylic acids is 1. The molecule has 0 fully saturated rings. The van der Waals surface area contributed by atoms with Crippen molar-refractivity contribution in [3.63, 3.8) is 0 Å². The minimum Gasteiger partial charge on any atom is -0.478 e. The molecule has 8 aromatic carbocycles. The molecule has 17 nitrogen and oxygen atoms in total. The fourth-order valence-corrected chi connectivity index (χ4v) is 11.8. The molecule has 21 heteroatoms. The first-order chi connectivity index (χ1) is 44.6. The fourth-order valence-electron chi connectivity index (χ4n) is 10.8. The topological polar surface area (TPSA) is 251 Å². The third-order valence-corrected chi connectivity index (χ3v) is 18.0. The smallest absolute Gasteiger partial charge is 0.340 e. The number of aromatic carboxylic acids is 1. The molecule has 6 N–H and O–H groups in total. The van der Waals surface area contributed by atoms with E-state index in [0.29, 0.717) is 61.3 Å². The minimum atomic E-state index is -3.69. The minimum absolute atomic E-state index is 0.0550. The normalized spacial score (nSPS) is 11.5. The molecule has 6 heterocycles. The van der Waals surface area contributed by atoms with E-state index in [4.69, 9.17) is 14.6 Å². The number of furan rings is 2. The van der Waals surface area contributed by atoms with Gasteiger partial charge in [-0.25, -0.2) is 30.4 Å². The molecule has 0 saturated carbocycles. The van der Waals surface area contributed by atoms with Gasteiger partial charge in [-0.3, -0.25) is 23.4 Å². The largest absolute Gasteiger partial charge is 0.478 e. The molecule has 0 unspecified atom stereocenters. The molecule has 14 aromatic rings. The van der Waals surface area contributed by atoms with Gasteiger partial charge in [-0.05, 0) is 144 Å². The van der Waals surface area contributed by atoms with Gasteiger partial charge in [0.25, 0.3) is 5.91 Å². The SMILES string of the molecule is CN(c1cc2oc(-c3ccc(F)cc3)c(C(=O)Nc3cccnc3)c2cc1-c1cccc(-c2cc3ccccc3[nH]2)c1)S(C)(=O)=O.CN(c1cc2oc(-c3ccc(F)cc3)c(C(=O)O)c2cc1-c1cccc(-c2cc3ccccc3[nH]2)c1)S(C)(=O)=O.Nc1cccnc1. The maximum atomic E-state index is 13.9. The van der Waals surface area contributed by atoms with Crippen LogP contribution in [0.2, 0.25) is 0 Å². The van der Waals surface area contributed by atoms with E-state index >= 15 is 0 Å². The van der Waals surface area contributed by atoms with Gasteiger partial charge in [0.2, 0.25) is 20.0 Å². The molecule has 464 valence electrons. The molecule has 0 bridgehead atoms. The highest BCUT2D eigenvalue weighted by molar-refractivity contribution is 7.92. The van der Waals surface area contributed by atoms with Crippen molar-refractivity contribution in [1.29, 1.82) is 0 Å². The summed E-state index contributed by atoms with van der Waals surface area (Å²) < 4.78 is 93.0. The number of benzene rings is 8. The van der Waals surface area contributed by atoms with Crippen molar-refractivity contribution in [3.8, 4) is 67.4 Å². The van der Waals surface area contributed by atoms with Crippen LogP contribution in [0.15, 0.2) is 240 Å². The van der Waals surface area contributed by atoms with Crippen molar-refractivity contribution in [1.82, 2.24) is 19.9 Å². The number of aromatic nitrogens is 4. The number of H-pyrrole nitrogens is 2. The van der Waals surface area contributed by atoms with Crippen LogP contribution < -0.4 is 19.7 Å². The van der Waals surface area contributed by atoms with Gasteiger partial charge in [-0.2, -0.15) is 0 Å². The lowest BCUT2D eigenvalue weighted by molar-refractivity contribution is 0.0698. The number of carboxylic acids is 1. The number of hydrogen-bond donors (Lipinski definition) is 5. The van der Waals surface area contributed by atoms with E-state index in [0.717, 1.165) is 66.7 Å². The molecule has 0 saturated heterocycles. The summed E-state index contributed by atoms with van der Waals surface area (Å²) in [5.41, 5.74) is 16.7. The number of nitrogens with two attached hydrogens (primary N) is 1. The molecule has 0 aliphatic carbocycles. The van der Waals surface area contributed by atoms with Gasteiger partial charge in [-0.15, -0.1) is 0 Å². The number of carboxylic acid groups (broad SMARTS) is 1. The Bertz CT molecular complexity index is 5320. The first kappa shape index (κ1) is 61.6. The summed E-state index contributed by atoms with van der Waals surface area (Å²) in [5.74, 6) is -2.32. The molecule has 0 radical (unpaired) electrons. The summed E-state index contributed by atoms with van der Waals surface area (Å²) in [6.45, 7) is 0. The van der Waals surface area contributed by atoms with Crippen LogP contribution in [-0.4, -0.2) is 80.4 Å². The Hall–Kier alpha value is -11.7. The van der Waals surface area contributed by atoms with E-state index in [1.807, 2.05) is 103 Å². The highest BCUT2D eigenvalue weighted by Gasteiger charge is 2.29. The van der Waals surface area contributed by atoms with Gasteiger partial charge >= 0.3 is 5.97 Å². The molecule has 0 spiro atoms. The lowest BCUT2D eigenvalue weighted by Crippen LogP contribution is -2.25. The third kappa shape index (κ3) is 13.0. The zero-order valence-electron chi connectivity index (χ0n) is 50.1. The number of rotatable bonds is 13. The van der Waals surface area contributed by atoms with Crippen LogP contribution in [0.3, 0.4) is 0 Å². The zero-order valence-corrected chi connectivity index (χ0v) is 51.7. The first-order valence-electron chi connectivity index (χ1n) is 28.7. The van der Waals surface area contributed by atoms with Crippen LogP contribution in [0.1, 0.15) is 20.7 Å². The molecule has 14 rings (SSSR count). The van der Waals surface area contributed by atoms with Crippen molar-refractivity contribution >= 4 is 98.4 Å². The molecule has 0 atom stereocenters. The van der Waals surface area contributed by atoms with Gasteiger partial charge in [0, 0.05) is 111 Å². The quantitative estimate of drug-likeness (QED) is 0.0723. The maximum Gasteiger partial charge on any atom is 0.340 e. The zero-order chi connectivity index (χ0) is 65.3. The average molecular weight is 1280 g/mol. The van der Waals surface area contributed by atoms with Crippen LogP contribution in [-0.2, 0) is 20.0 Å². The van der Waals surface area contributed by atoms with Crippen molar-refractivity contribution < 1.29 is 49.1 Å². The molecule has 0 aliphatic heterocycles. The number of nitrogen functional groups attached to an aromatic ring is 1. The number of fused-ring (bicyclic) bond motifs is 4. The van der Waals surface area contributed by atoms with Crippen molar-refractivity contribution in [2.24, 2.45) is 0 Å². The second-order valence-corrected chi connectivity index (χ2v) is 25.8. The van der Waals surface area contributed by atoms with E-state index in [1.54, 1.807) is 61.1 Å². The molecule has 6 aromatic heterocycles. The van der Waals surface area contributed by atoms with Gasteiger partial charge in [0.15, 0.2) is 0 Å². The van der Waals surface area contributed by atoms with Crippen LogP contribution in [0, 0.1) is 11.6 Å². The summed E-state index contributed by atoms with van der Waals surface area (Å²) in [4.78, 5) is 41.1. The van der Waals surface area contributed by atoms with E-state index in [9.17, 15) is 40.3 Å². The summed E-state index contributed by atoms with van der Waals surface area (Å²) in [5, 5.41) is 15.9. The summed E-state index contributed by atoms with van der Waals surface area (Å²) in [7, 11) is -4.47. The van der Waals surface area contributed by atoms with Crippen LogP contribution in [0.4, 0.5) is 31.5 Å². The molecule has 1 amide bonds. The summed E-state index contributed by atoms with van der Waals surface area (Å²) in [6.07, 6.45) is 8.65. The van der Waals surface area contributed by atoms with Gasteiger partial charge in [-0.1, -0.05) is 72.8 Å². The Morgan fingerprint density at radius 1 is 0.505 bits per heavy atom. The van der Waals surface area contributed by atoms with Crippen LogP contribution in [0.5, 0.6) is 0 Å². The fraction of sp³-hybridized carbons (Fsp3) is 0.0556. The number of pyridine rings is 2. The number of carbonyl (C=O) groups is 2. The Labute approximate surface area is 532 Å². The van der Waals surface area contributed by atoms with Gasteiger partial charge in [0.1, 0.15) is 39.9 Å². The number of para-hydroxylation sites is 2. The third-order valence-electron chi connectivity index (χ3n) is 15.6. The number of nitrogens with one attached hydrogen (secondary N) is 3. The van der Waals surface area contributed by atoms with Crippen molar-refractivity contribution in [2.75, 3.05) is 46.3 Å². The first-order valence-corrected chi connectivity index (χ1v) is 32.4. The van der Waals surface area contributed by atoms with Crippen molar-refractivity contribution in [3.05, 3.63) is 254 Å². The second kappa shape index (κ2) is 25.3. The lowest BCUT2D eigenvalue weighted by Gasteiger charge is -2.21. The Balaban J connectivity index is 0.000000163. The van der Waals surface area contributed by atoms with E-state index in [-0.39, 0.29) is 33.8 Å². The Morgan fingerprint density at radius 3 is 1.35 bits per heavy atom. The van der Waals surface area contributed by atoms with Gasteiger partial charge in [0.05, 0.1) is 47.0 Å². The monoisotopic (exact) mass is 1280 g/mol. The molecular formula is C72H56F2N8O9S2. The Morgan fingerprint density at radius 2 is 0.946 bits per heavy atom. The summed E-state index contributed by atoms with van der Waals surface area (Å²) in [6, 6.07) is 59.8. The highest BCUT2D eigenvalue weighted by atomic mass is 32.2. The van der Waals surface area contributed by atoms with E-state index < -0.39 is 43.6 Å². The average Bonchev–Trinajstić information content (AvgIpc) is 1.66. The predicted octanol–water partition coefficient (Wildman–Crippen LogP) is 15.9. The highest BCUT2D eigenvalue weighted by Crippen LogP contribution is 2.45. The number of nitrogens with zero attached hydrogens (tertiary/aromatic N) is 4. The molecular weight excluding hydrogens is 1220 g/mol. The van der Waals surface area contributed by atoms with Crippen molar-refractivity contribution in [2.45, 2.75) is 0 Å². The van der Waals surface area contributed by atoms with Gasteiger partial charge < -0.3 is 35.0 Å². The number of sulfonamides is 2. The summed E-state index contributed by atoms with van der Waals surface area (Å²) >= 11 is 0. The maximum absolute atomic E-state index is 13.9. The number of halogens is 2. The second-order valence-electron chi connectivity index (χ2n) is 21.8. The molecule has 0 aliphatic rings. The lowest BCUT2D eigenvalue weighted by atomic mass is 9.96. The van der Waals surface area contributed by atoms with E-state index in [1.165, 1.54) is 79.2 Å². The number of amides is 1. The standard InChI is InChI=1S/C36H27FN4O4S.C31H23FN2O5S.C5H6N2/c1-41(46(2,43)44)32-20-33-29(19-28(32)23-8-5-9-24(17-23)31-18-25-7-3-4-11-30(25)40-31)34(36(42)39-27-10-6-16-38-21-27)35(45-33)22-12-14-26(37)15-13-22;1-34(40(2,37)38)27-17-28-24(29(31(35)36)30(39-28)18-10-12-22(32)13-11-18)16-23(27)19-7-5-8-20(14-19)26-15-21-6-3-4-9-25(21)33-26;6-5-2-1-3-7-4-5/h3-21,40H,1-2H3,(H,39,42);3-17,33H,1-2H3,(H,35,36);1-4H,6H2. The number of anilines is 4. The number of hydrogen-bond acceptors (Lipinski definition) is 11. The van der Waals surface area contributed by atoms with E-state index in [2.05, 4.69) is 31.3 Å². The van der Waals surface area contributed by atoms with Crippen LogP contribution >= 0.6 is 0 Å².